The van der Waals surface area contributed by atoms with Crippen LogP contribution >= 0.6 is 66.4 Å². The predicted molar refractivity (Wildman–Crippen MR) is 158 cm³/mol. The molecule has 0 aliphatic rings. The van der Waals surface area contributed by atoms with E-state index in [1.54, 1.807) is 6.20 Å². The molecule has 0 spiro atoms. The molecule has 0 radical (unpaired) electrons. The molecule has 0 aliphatic heterocycles. The summed E-state index contributed by atoms with van der Waals surface area (Å²) >= 11 is 12.9. The summed E-state index contributed by atoms with van der Waals surface area (Å²) in [5, 5.41) is 9.78. The van der Waals surface area contributed by atoms with E-state index in [1.165, 1.54) is 5.56 Å². The van der Waals surface area contributed by atoms with Crippen LogP contribution in [0.1, 0.15) is 18.6 Å². The fourth-order valence-corrected chi connectivity index (χ4v) is 2.99. The highest BCUT2D eigenvalue weighted by atomic mass is 80.0. The minimum atomic E-state index is -0.183. The van der Waals surface area contributed by atoms with Crippen molar-refractivity contribution in [2.45, 2.75) is 19.4 Å². The molecular weight excluding hydrogens is 695 g/mol. The summed E-state index contributed by atoms with van der Waals surface area (Å²) in [6, 6.07) is 27.9. The lowest BCUT2D eigenvalue weighted by atomic mass is 10.1. The van der Waals surface area contributed by atoms with Gasteiger partial charge in [-0.05, 0) is 81.9 Å². The molecule has 4 aromatic rings. The molecule has 0 saturated heterocycles. The molecule has 8 heteroatoms. The van der Waals surface area contributed by atoms with Crippen LogP contribution in [0.2, 0.25) is 0 Å². The zero-order valence-electron chi connectivity index (χ0n) is 17.0. The van der Waals surface area contributed by atoms with E-state index >= 15 is 0 Å². The van der Waals surface area contributed by atoms with Crippen LogP contribution in [0.25, 0.3) is 22.5 Å². The number of aliphatic hydroxyl groups excluding tert-OH is 1. The number of halogens is 4. The summed E-state index contributed by atoms with van der Waals surface area (Å²) in [5.74, 6) is 0. The number of aromatic nitrogens is 2. The van der Waals surface area contributed by atoms with Crippen molar-refractivity contribution in [3.05, 3.63) is 108 Å². The van der Waals surface area contributed by atoms with Crippen LogP contribution in [0.3, 0.4) is 0 Å². The first kappa shape index (κ1) is 30.1. The Morgan fingerprint density at radius 3 is 1.33 bits per heavy atom. The molecular formula is C25H25Br4N2OP. The van der Waals surface area contributed by atoms with Crippen molar-refractivity contribution >= 4 is 66.4 Å². The van der Waals surface area contributed by atoms with E-state index < -0.39 is 0 Å². The molecule has 0 fully saturated rings. The van der Waals surface area contributed by atoms with Gasteiger partial charge in [0.2, 0.25) is 0 Å². The van der Waals surface area contributed by atoms with Gasteiger partial charge in [0.05, 0.1) is 18.0 Å². The van der Waals surface area contributed by atoms with Gasteiger partial charge in [0, 0.05) is 28.9 Å². The van der Waals surface area contributed by atoms with Crippen LogP contribution in [-0.4, -0.2) is 15.1 Å². The van der Waals surface area contributed by atoms with Crippen LogP contribution in [-0.2, 0) is 11.9 Å². The third kappa shape index (κ3) is 11.8. The highest BCUT2D eigenvalue weighted by Gasteiger charge is 1.98. The molecule has 2 aromatic heterocycles. The summed E-state index contributed by atoms with van der Waals surface area (Å²) in [6.07, 6.45) is 3.59. The van der Waals surface area contributed by atoms with E-state index in [2.05, 4.69) is 96.6 Å². The summed E-state index contributed by atoms with van der Waals surface area (Å²) in [5.41, 5.74) is 6.41. The van der Waals surface area contributed by atoms with E-state index in [0.29, 0.717) is 0 Å². The standard InChI is InChI=1S/C12H10BrN.C12H11NO.CH4.Br3P/c13-9-10-4-6-11(7-5-10)12-3-1-2-8-14-12;14-9-10-4-6-11(7-5-10)12-3-1-2-8-13-12;;1-4(2)3/h1-8H,9H2;1-8,14H,9H2;1H4;. The van der Waals surface area contributed by atoms with E-state index in [-0.39, 0.29) is 18.1 Å². The first-order valence-corrected chi connectivity index (χ1v) is 18.0. The van der Waals surface area contributed by atoms with Gasteiger partial charge in [0.25, 0.3) is 0 Å². The van der Waals surface area contributed by atoms with Gasteiger partial charge >= 0.3 is 0 Å². The molecule has 4 rings (SSSR count). The van der Waals surface area contributed by atoms with Gasteiger partial charge in [-0.15, -0.1) is 0 Å². The maximum absolute atomic E-state index is 8.88. The second-order valence-electron chi connectivity index (χ2n) is 6.31. The number of pyridine rings is 2. The van der Waals surface area contributed by atoms with Gasteiger partial charge in [-0.3, -0.25) is 9.97 Å². The summed E-state index contributed by atoms with van der Waals surface area (Å²) in [6.45, 7) is 0.0858. The minimum absolute atomic E-state index is 0. The second-order valence-corrected chi connectivity index (χ2v) is 22.2. The zero-order valence-corrected chi connectivity index (χ0v) is 24.2. The Hall–Kier alpha value is -0.950. The second kappa shape index (κ2) is 17.5. The van der Waals surface area contributed by atoms with Gasteiger partial charge in [-0.1, -0.05) is 84.0 Å². The Morgan fingerprint density at radius 1 is 0.636 bits per heavy atom. The summed E-state index contributed by atoms with van der Waals surface area (Å²) in [7, 11) is 0. The molecule has 0 amide bonds. The van der Waals surface area contributed by atoms with Gasteiger partial charge in [-0.25, -0.2) is 0 Å². The molecule has 0 saturated carbocycles. The van der Waals surface area contributed by atoms with Crippen molar-refractivity contribution in [2.75, 3.05) is 0 Å². The van der Waals surface area contributed by atoms with Crippen molar-refractivity contribution in [1.29, 1.82) is 0 Å². The van der Waals surface area contributed by atoms with Gasteiger partial charge in [0.15, 0.2) is 0 Å². The summed E-state index contributed by atoms with van der Waals surface area (Å²) in [4.78, 5) is 8.53. The topological polar surface area (TPSA) is 46.0 Å². The third-order valence-corrected chi connectivity index (χ3v) is 4.81. The largest absolute Gasteiger partial charge is 0.392 e. The molecule has 33 heavy (non-hydrogen) atoms. The first-order chi connectivity index (χ1) is 15.5. The smallest absolute Gasteiger partial charge is 0.103 e. The molecule has 0 aliphatic carbocycles. The minimum Gasteiger partial charge on any atom is -0.392 e. The number of alkyl halides is 1. The van der Waals surface area contributed by atoms with E-state index in [1.807, 2.05) is 66.9 Å². The highest BCUT2D eigenvalue weighted by molar-refractivity contribution is 9.93. The molecule has 2 aromatic carbocycles. The Labute approximate surface area is 230 Å². The van der Waals surface area contributed by atoms with Crippen LogP contribution in [0.5, 0.6) is 0 Å². The lowest BCUT2D eigenvalue weighted by Gasteiger charge is -2.00. The average molecular weight is 720 g/mol. The van der Waals surface area contributed by atoms with Crippen molar-refractivity contribution in [2.24, 2.45) is 0 Å². The Morgan fingerprint density at radius 2 is 1.03 bits per heavy atom. The molecule has 0 bridgehead atoms. The number of aliphatic hydroxyl groups is 1. The van der Waals surface area contributed by atoms with E-state index in [4.69, 9.17) is 5.11 Å². The average Bonchev–Trinajstić information content (AvgIpc) is 2.85. The normalized spacial score (nSPS) is 9.64. The lowest BCUT2D eigenvalue weighted by Crippen LogP contribution is -1.84. The summed E-state index contributed by atoms with van der Waals surface area (Å²) < 4.78 is -0.183. The monoisotopic (exact) mass is 716 g/mol. The van der Waals surface area contributed by atoms with Crippen molar-refractivity contribution < 1.29 is 5.11 Å². The Kier molecular flexibility index (Phi) is 15.9. The van der Waals surface area contributed by atoms with E-state index in [0.717, 1.165) is 33.4 Å². The highest BCUT2D eigenvalue weighted by Crippen LogP contribution is 2.59. The van der Waals surface area contributed by atoms with Gasteiger partial charge in [0.1, 0.15) is 4.03 Å². The van der Waals surface area contributed by atoms with Crippen molar-refractivity contribution in [1.82, 2.24) is 9.97 Å². The number of benzene rings is 2. The quantitative estimate of drug-likeness (QED) is 0.169. The molecule has 3 nitrogen and oxygen atoms in total. The molecule has 2 heterocycles. The van der Waals surface area contributed by atoms with Crippen LogP contribution in [0, 0.1) is 0 Å². The van der Waals surface area contributed by atoms with E-state index in [9.17, 15) is 0 Å². The molecule has 0 unspecified atom stereocenters. The number of hydrogen-bond donors (Lipinski definition) is 1. The fraction of sp³-hybridized carbons (Fsp3) is 0.120. The van der Waals surface area contributed by atoms with Crippen LogP contribution < -0.4 is 0 Å². The zero-order chi connectivity index (χ0) is 23.2. The van der Waals surface area contributed by atoms with Crippen LogP contribution in [0.4, 0.5) is 0 Å². The van der Waals surface area contributed by atoms with Crippen molar-refractivity contribution in [3.63, 3.8) is 0 Å². The number of nitrogens with zero attached hydrogens (tertiary/aromatic N) is 2. The number of rotatable bonds is 4. The Balaban J connectivity index is 0.000000278. The van der Waals surface area contributed by atoms with Gasteiger partial charge < -0.3 is 5.11 Å². The Bertz CT molecular complexity index is 934. The molecule has 1 N–H and O–H groups in total. The SMILES string of the molecule is BrCc1ccc(-c2ccccn2)cc1.BrP(Br)Br.C.OCc1ccc(-c2ccccn2)cc1. The van der Waals surface area contributed by atoms with Crippen molar-refractivity contribution in [3.8, 4) is 22.5 Å². The van der Waals surface area contributed by atoms with Crippen LogP contribution in [0.15, 0.2) is 97.3 Å². The molecule has 0 atom stereocenters. The fourth-order valence-electron chi connectivity index (χ4n) is 2.61. The maximum atomic E-state index is 8.88. The predicted octanol–water partition coefficient (Wildman–Crippen LogP) is 9.92. The number of hydrogen-bond acceptors (Lipinski definition) is 3. The lowest BCUT2D eigenvalue weighted by molar-refractivity contribution is 0.282. The molecule has 174 valence electrons. The third-order valence-electron chi connectivity index (χ3n) is 4.17. The van der Waals surface area contributed by atoms with Gasteiger partial charge in [-0.2, -0.15) is 0 Å². The maximum Gasteiger partial charge on any atom is 0.103 e. The first-order valence-electron chi connectivity index (χ1n) is 9.48.